The molecule has 25 heavy (non-hydrogen) atoms. The number of nitrogens with zero attached hydrogens (tertiary/aromatic N) is 1. The van der Waals surface area contributed by atoms with Gasteiger partial charge in [-0.15, -0.1) is 0 Å². The van der Waals surface area contributed by atoms with Crippen LogP contribution >= 0.6 is 0 Å². The summed E-state index contributed by atoms with van der Waals surface area (Å²) in [5.41, 5.74) is 4.27. The second-order valence-corrected chi connectivity index (χ2v) is 4.89. The summed E-state index contributed by atoms with van der Waals surface area (Å²) in [5.74, 6) is -1.35. The molecule has 0 fully saturated rings. The maximum atomic E-state index is 11.9. The number of aliphatic hydroxyl groups excluding tert-OH is 4. The van der Waals surface area contributed by atoms with Gasteiger partial charge in [0.1, 0.15) is 18.3 Å². The van der Waals surface area contributed by atoms with Crippen molar-refractivity contribution < 1.29 is 35.2 Å². The van der Waals surface area contributed by atoms with Crippen molar-refractivity contribution in [3.8, 4) is 0 Å². The van der Waals surface area contributed by atoms with Crippen molar-refractivity contribution in [2.75, 3.05) is 6.61 Å². The molecule has 0 aromatic heterocycles. The summed E-state index contributed by atoms with van der Waals surface area (Å²) >= 11 is 0. The normalized spacial score (nSPS) is 15.1. The SMILES string of the molecule is O=C(/C=C/c1cccc(C(=O)N/N=C/[C@@H](O)[C@H](O)[C@H](O)CO)c1)NO. The Labute approximate surface area is 142 Å². The summed E-state index contributed by atoms with van der Waals surface area (Å²) in [7, 11) is 0. The predicted octanol–water partition coefficient (Wildman–Crippen LogP) is -2.00. The Bertz CT molecular complexity index is 648. The van der Waals surface area contributed by atoms with E-state index in [2.05, 4.69) is 10.5 Å². The topological polar surface area (TPSA) is 172 Å². The molecule has 1 rings (SSSR count). The molecule has 0 aliphatic carbocycles. The van der Waals surface area contributed by atoms with Crippen LogP contribution in [0, 0.1) is 0 Å². The number of rotatable bonds is 8. The highest BCUT2D eigenvalue weighted by molar-refractivity contribution is 5.95. The highest BCUT2D eigenvalue weighted by atomic mass is 16.5. The molecular formula is C15H19N3O7. The van der Waals surface area contributed by atoms with Crippen molar-refractivity contribution in [2.45, 2.75) is 18.3 Å². The number of hydrogen-bond acceptors (Lipinski definition) is 8. The zero-order chi connectivity index (χ0) is 18.8. The summed E-state index contributed by atoms with van der Waals surface area (Å²) in [6.45, 7) is -0.743. The Hall–Kier alpha value is -2.63. The number of benzene rings is 1. The quantitative estimate of drug-likeness (QED) is 0.122. The molecule has 0 unspecified atom stereocenters. The molecule has 0 spiro atoms. The summed E-state index contributed by atoms with van der Waals surface area (Å²) < 4.78 is 0. The summed E-state index contributed by atoms with van der Waals surface area (Å²) in [6.07, 6.45) is -1.54. The van der Waals surface area contributed by atoms with Crippen molar-refractivity contribution in [3.05, 3.63) is 41.5 Å². The fourth-order valence-electron chi connectivity index (χ4n) is 1.65. The molecule has 0 aliphatic rings. The van der Waals surface area contributed by atoms with E-state index in [0.717, 1.165) is 12.3 Å². The van der Waals surface area contributed by atoms with Gasteiger partial charge in [-0.2, -0.15) is 5.10 Å². The molecule has 0 saturated heterocycles. The van der Waals surface area contributed by atoms with Crippen LogP contribution < -0.4 is 10.9 Å². The fraction of sp³-hybridized carbons (Fsp3) is 0.267. The molecule has 7 N–H and O–H groups in total. The summed E-state index contributed by atoms with van der Waals surface area (Å²) in [5, 5.41) is 48.6. The fourth-order valence-corrected chi connectivity index (χ4v) is 1.65. The van der Waals surface area contributed by atoms with E-state index in [1.54, 1.807) is 12.1 Å². The van der Waals surface area contributed by atoms with Crippen LogP contribution in [0.25, 0.3) is 6.08 Å². The van der Waals surface area contributed by atoms with Gasteiger partial charge in [-0.1, -0.05) is 12.1 Å². The van der Waals surface area contributed by atoms with E-state index < -0.39 is 36.7 Å². The van der Waals surface area contributed by atoms with Crippen molar-refractivity contribution in [1.82, 2.24) is 10.9 Å². The third-order valence-electron chi connectivity index (χ3n) is 3.01. The molecule has 0 aliphatic heterocycles. The van der Waals surface area contributed by atoms with Crippen molar-refractivity contribution in [2.24, 2.45) is 5.10 Å². The maximum Gasteiger partial charge on any atom is 0.271 e. The molecule has 1 aromatic rings. The number of hydrogen-bond donors (Lipinski definition) is 7. The van der Waals surface area contributed by atoms with E-state index >= 15 is 0 Å². The second kappa shape index (κ2) is 10.3. The number of carbonyl (C=O) groups is 2. The van der Waals surface area contributed by atoms with E-state index in [4.69, 9.17) is 15.4 Å². The third kappa shape index (κ3) is 6.79. The van der Waals surface area contributed by atoms with Crippen LogP contribution in [0.1, 0.15) is 15.9 Å². The highest BCUT2D eigenvalue weighted by Gasteiger charge is 2.22. The Kier molecular flexibility index (Phi) is 8.39. The maximum absolute atomic E-state index is 11.9. The Morgan fingerprint density at radius 3 is 2.60 bits per heavy atom. The van der Waals surface area contributed by atoms with Crippen LogP contribution in [-0.4, -0.2) is 68.6 Å². The lowest BCUT2D eigenvalue weighted by atomic mass is 10.1. The highest BCUT2D eigenvalue weighted by Crippen LogP contribution is 2.07. The van der Waals surface area contributed by atoms with Gasteiger partial charge in [0.15, 0.2) is 0 Å². The number of nitrogens with one attached hydrogen (secondary N) is 2. The minimum absolute atomic E-state index is 0.203. The number of hydroxylamine groups is 1. The number of aliphatic hydroxyl groups is 4. The van der Waals surface area contributed by atoms with E-state index in [-0.39, 0.29) is 5.56 Å². The van der Waals surface area contributed by atoms with E-state index in [1.807, 2.05) is 0 Å². The van der Waals surface area contributed by atoms with Crippen LogP contribution in [-0.2, 0) is 4.79 Å². The minimum atomic E-state index is -1.66. The molecule has 0 saturated carbocycles. The molecular weight excluding hydrogens is 334 g/mol. The van der Waals surface area contributed by atoms with Crippen LogP contribution in [0.3, 0.4) is 0 Å². The van der Waals surface area contributed by atoms with Gasteiger partial charge in [0.05, 0.1) is 12.8 Å². The number of carbonyl (C=O) groups excluding carboxylic acids is 2. The first-order chi connectivity index (χ1) is 11.9. The number of amides is 2. The molecule has 136 valence electrons. The first kappa shape index (κ1) is 20.4. The van der Waals surface area contributed by atoms with E-state index in [9.17, 15) is 19.8 Å². The Balaban J connectivity index is 2.67. The number of hydrazone groups is 1. The Morgan fingerprint density at radius 1 is 1.24 bits per heavy atom. The molecule has 0 heterocycles. The minimum Gasteiger partial charge on any atom is -0.394 e. The van der Waals surface area contributed by atoms with Crippen molar-refractivity contribution in [3.63, 3.8) is 0 Å². The van der Waals surface area contributed by atoms with Gasteiger partial charge < -0.3 is 20.4 Å². The molecule has 10 heteroatoms. The molecule has 0 bridgehead atoms. The lowest BCUT2D eigenvalue weighted by molar-refractivity contribution is -0.124. The standard InChI is InChI=1S/C15H19N3O7/c19-8-12(21)14(23)11(20)7-16-17-15(24)10-3-1-2-9(6-10)4-5-13(22)18-25/h1-7,11-12,14,19-21,23,25H,8H2,(H,17,24)(H,18,22)/b5-4+,16-7+/t11-,12-,14+/m1/s1. The van der Waals surface area contributed by atoms with Gasteiger partial charge in [0.25, 0.3) is 11.8 Å². The average Bonchev–Trinajstić information content (AvgIpc) is 2.64. The average molecular weight is 353 g/mol. The zero-order valence-corrected chi connectivity index (χ0v) is 13.0. The molecule has 3 atom stereocenters. The lowest BCUT2D eigenvalue weighted by Gasteiger charge is -2.17. The van der Waals surface area contributed by atoms with E-state index in [0.29, 0.717) is 5.56 Å². The monoisotopic (exact) mass is 353 g/mol. The lowest BCUT2D eigenvalue weighted by Crippen LogP contribution is -2.40. The van der Waals surface area contributed by atoms with Crippen LogP contribution in [0.5, 0.6) is 0 Å². The molecule has 10 nitrogen and oxygen atoms in total. The summed E-state index contributed by atoms with van der Waals surface area (Å²) in [6, 6.07) is 6.12. The van der Waals surface area contributed by atoms with Crippen LogP contribution in [0.15, 0.2) is 35.4 Å². The van der Waals surface area contributed by atoms with Gasteiger partial charge in [0.2, 0.25) is 0 Å². The van der Waals surface area contributed by atoms with Gasteiger partial charge in [-0.25, -0.2) is 10.9 Å². The van der Waals surface area contributed by atoms with E-state index in [1.165, 1.54) is 23.7 Å². The predicted molar refractivity (Wildman–Crippen MR) is 86.5 cm³/mol. The van der Waals surface area contributed by atoms with Crippen molar-refractivity contribution in [1.29, 1.82) is 0 Å². The largest absolute Gasteiger partial charge is 0.394 e. The second-order valence-electron chi connectivity index (χ2n) is 4.89. The Morgan fingerprint density at radius 2 is 1.96 bits per heavy atom. The van der Waals surface area contributed by atoms with Gasteiger partial charge in [-0.3, -0.25) is 14.8 Å². The van der Waals surface area contributed by atoms with Gasteiger partial charge in [0, 0.05) is 11.6 Å². The first-order valence-corrected chi connectivity index (χ1v) is 7.09. The molecule has 1 aromatic carbocycles. The summed E-state index contributed by atoms with van der Waals surface area (Å²) in [4.78, 5) is 22.8. The first-order valence-electron chi connectivity index (χ1n) is 7.09. The van der Waals surface area contributed by atoms with Crippen LogP contribution in [0.2, 0.25) is 0 Å². The zero-order valence-electron chi connectivity index (χ0n) is 13.0. The van der Waals surface area contributed by atoms with Gasteiger partial charge >= 0.3 is 0 Å². The third-order valence-corrected chi connectivity index (χ3v) is 3.01. The molecule has 2 amide bonds. The smallest absolute Gasteiger partial charge is 0.271 e. The van der Waals surface area contributed by atoms with Crippen LogP contribution in [0.4, 0.5) is 0 Å². The van der Waals surface area contributed by atoms with Gasteiger partial charge in [-0.05, 0) is 23.8 Å². The van der Waals surface area contributed by atoms with Crippen molar-refractivity contribution >= 4 is 24.1 Å². The molecule has 0 radical (unpaired) electrons.